The van der Waals surface area contributed by atoms with Crippen molar-refractivity contribution in [2.75, 3.05) is 13.6 Å². The van der Waals surface area contributed by atoms with E-state index in [-0.39, 0.29) is 17.9 Å². The first-order chi connectivity index (χ1) is 12.1. The minimum Gasteiger partial charge on any atom is -0.361 e. The number of hydrogen-bond donors (Lipinski definition) is 2. The standard InChI is InChI=1S/C21H27N3O/c1-4-15(5-2)23-21(25)14-9-17-16-7-6-8-18-20(16)13(11-22-18)10-19(17)24(3)12-14/h6-9,11,14-15,19,22H,4-5,10,12H2,1-3H3,(H,23,25)/t14-,19?/m1/s1. The minimum atomic E-state index is -0.0763. The number of hydrogen-bond acceptors (Lipinski definition) is 2. The lowest BCUT2D eigenvalue weighted by molar-refractivity contribution is -0.125. The molecule has 2 N–H and O–H groups in total. The molecule has 1 unspecified atom stereocenters. The molecule has 4 nitrogen and oxygen atoms in total. The lowest BCUT2D eigenvalue weighted by Crippen LogP contribution is -2.48. The molecule has 0 fully saturated rings. The third-order valence-electron chi connectivity index (χ3n) is 5.94. The smallest absolute Gasteiger partial charge is 0.228 e. The number of aromatic nitrogens is 1. The summed E-state index contributed by atoms with van der Waals surface area (Å²) in [5.74, 6) is 0.0890. The quantitative estimate of drug-likeness (QED) is 0.899. The van der Waals surface area contributed by atoms with E-state index in [9.17, 15) is 4.79 Å². The molecule has 1 aromatic heterocycles. The van der Waals surface area contributed by atoms with Crippen LogP contribution in [0.25, 0.3) is 16.5 Å². The molecule has 2 heterocycles. The maximum Gasteiger partial charge on any atom is 0.228 e. The first-order valence-electron chi connectivity index (χ1n) is 9.44. The van der Waals surface area contributed by atoms with Crippen molar-refractivity contribution >= 4 is 22.4 Å². The Kier molecular flexibility index (Phi) is 4.16. The van der Waals surface area contributed by atoms with Gasteiger partial charge in [0.1, 0.15) is 0 Å². The fourth-order valence-corrected chi connectivity index (χ4v) is 4.42. The molecule has 1 aromatic carbocycles. The molecule has 1 amide bonds. The van der Waals surface area contributed by atoms with E-state index in [1.54, 1.807) is 0 Å². The van der Waals surface area contributed by atoms with Crippen molar-refractivity contribution in [1.82, 2.24) is 15.2 Å². The molecule has 2 aromatic rings. The number of H-pyrrole nitrogens is 1. The van der Waals surface area contributed by atoms with Crippen LogP contribution < -0.4 is 5.32 Å². The molecule has 1 aliphatic heterocycles. The summed E-state index contributed by atoms with van der Waals surface area (Å²) in [5, 5.41) is 4.56. The molecular weight excluding hydrogens is 310 g/mol. The molecular formula is C21H27N3O. The van der Waals surface area contributed by atoms with Crippen LogP contribution in [-0.4, -0.2) is 41.5 Å². The van der Waals surface area contributed by atoms with Crippen LogP contribution in [-0.2, 0) is 11.2 Å². The van der Waals surface area contributed by atoms with Crippen LogP contribution in [0.2, 0.25) is 0 Å². The highest BCUT2D eigenvalue weighted by molar-refractivity contribution is 5.99. The van der Waals surface area contributed by atoms with Gasteiger partial charge in [0.25, 0.3) is 0 Å². The molecule has 0 saturated carbocycles. The fourth-order valence-electron chi connectivity index (χ4n) is 4.42. The second-order valence-electron chi connectivity index (χ2n) is 7.45. The van der Waals surface area contributed by atoms with Gasteiger partial charge in [-0.05, 0) is 49.1 Å². The Labute approximate surface area is 149 Å². The summed E-state index contributed by atoms with van der Waals surface area (Å²) in [6, 6.07) is 7.08. The number of aromatic amines is 1. The third-order valence-corrected chi connectivity index (χ3v) is 5.94. The molecule has 0 saturated heterocycles. The lowest BCUT2D eigenvalue weighted by atomic mass is 9.79. The Hall–Kier alpha value is -2.07. The zero-order valence-corrected chi connectivity index (χ0v) is 15.3. The average molecular weight is 337 g/mol. The molecule has 0 radical (unpaired) electrons. The van der Waals surface area contributed by atoms with E-state index in [0.717, 1.165) is 25.8 Å². The van der Waals surface area contributed by atoms with E-state index in [4.69, 9.17) is 0 Å². The lowest BCUT2D eigenvalue weighted by Gasteiger charge is -2.39. The van der Waals surface area contributed by atoms with Gasteiger partial charge in [-0.25, -0.2) is 0 Å². The Morgan fingerprint density at radius 1 is 1.36 bits per heavy atom. The molecule has 0 bridgehead atoms. The van der Waals surface area contributed by atoms with E-state index in [2.05, 4.69) is 66.6 Å². The second kappa shape index (κ2) is 6.34. The summed E-state index contributed by atoms with van der Waals surface area (Å²) in [6.45, 7) is 5.05. The normalized spacial score (nSPS) is 22.8. The fraction of sp³-hybridized carbons (Fsp3) is 0.476. The summed E-state index contributed by atoms with van der Waals surface area (Å²) in [4.78, 5) is 18.5. The van der Waals surface area contributed by atoms with Crippen molar-refractivity contribution in [3.63, 3.8) is 0 Å². The molecule has 132 valence electrons. The Morgan fingerprint density at radius 2 is 2.16 bits per heavy atom. The van der Waals surface area contributed by atoms with Gasteiger partial charge < -0.3 is 10.3 Å². The molecule has 2 atom stereocenters. The van der Waals surface area contributed by atoms with Crippen molar-refractivity contribution in [3.05, 3.63) is 41.6 Å². The SMILES string of the molecule is CCC(CC)NC(=O)[C@@H]1C=C2c3cccc4[nH]cc(c34)CC2N(C)C1. The predicted molar refractivity (Wildman–Crippen MR) is 102 cm³/mol. The molecule has 0 spiro atoms. The maximum absolute atomic E-state index is 12.8. The van der Waals surface area contributed by atoms with Crippen molar-refractivity contribution in [3.8, 4) is 0 Å². The van der Waals surface area contributed by atoms with Gasteiger partial charge in [-0.1, -0.05) is 32.1 Å². The molecule has 1 aliphatic carbocycles. The molecule has 4 rings (SSSR count). The van der Waals surface area contributed by atoms with Gasteiger partial charge in [-0.15, -0.1) is 0 Å². The molecule has 4 heteroatoms. The van der Waals surface area contributed by atoms with Crippen LogP contribution in [0.3, 0.4) is 0 Å². The van der Waals surface area contributed by atoms with E-state index in [1.165, 1.54) is 27.6 Å². The first-order valence-corrected chi connectivity index (χ1v) is 9.44. The Bertz CT molecular complexity index is 831. The number of amides is 1. The maximum atomic E-state index is 12.8. The van der Waals surface area contributed by atoms with Gasteiger partial charge in [0.2, 0.25) is 5.91 Å². The van der Waals surface area contributed by atoms with Crippen molar-refractivity contribution in [2.45, 2.75) is 45.2 Å². The number of benzene rings is 1. The second-order valence-corrected chi connectivity index (χ2v) is 7.45. The van der Waals surface area contributed by atoms with Crippen LogP contribution in [0.15, 0.2) is 30.5 Å². The van der Waals surface area contributed by atoms with Crippen LogP contribution in [0, 0.1) is 5.92 Å². The summed E-state index contributed by atoms with van der Waals surface area (Å²) in [6.07, 6.45) is 7.35. The minimum absolute atomic E-state index is 0.0763. The first kappa shape index (κ1) is 16.4. The summed E-state index contributed by atoms with van der Waals surface area (Å²) in [7, 11) is 2.15. The van der Waals surface area contributed by atoms with Gasteiger partial charge >= 0.3 is 0 Å². The number of rotatable bonds is 4. The van der Waals surface area contributed by atoms with Gasteiger partial charge in [0, 0.05) is 35.7 Å². The zero-order valence-electron chi connectivity index (χ0n) is 15.3. The number of fused-ring (bicyclic) bond motifs is 2. The van der Waals surface area contributed by atoms with Crippen molar-refractivity contribution in [1.29, 1.82) is 0 Å². The van der Waals surface area contributed by atoms with Crippen LogP contribution in [0.1, 0.15) is 37.8 Å². The largest absolute Gasteiger partial charge is 0.361 e. The van der Waals surface area contributed by atoms with Gasteiger partial charge in [-0.3, -0.25) is 9.69 Å². The van der Waals surface area contributed by atoms with E-state index in [1.807, 2.05) is 0 Å². The van der Waals surface area contributed by atoms with Crippen LogP contribution in [0.4, 0.5) is 0 Å². The van der Waals surface area contributed by atoms with E-state index < -0.39 is 0 Å². The van der Waals surface area contributed by atoms with Crippen LogP contribution in [0.5, 0.6) is 0 Å². The highest BCUT2D eigenvalue weighted by atomic mass is 16.2. The highest BCUT2D eigenvalue weighted by Crippen LogP contribution is 2.40. The molecule has 2 aliphatic rings. The number of likely N-dealkylation sites (N-methyl/N-ethyl adjacent to an activating group) is 1. The number of carbonyl (C=O) groups is 1. The average Bonchev–Trinajstić information content (AvgIpc) is 3.04. The third kappa shape index (κ3) is 2.69. The van der Waals surface area contributed by atoms with Crippen molar-refractivity contribution in [2.24, 2.45) is 5.92 Å². The number of nitrogens with one attached hydrogen (secondary N) is 2. The van der Waals surface area contributed by atoms with Crippen molar-refractivity contribution < 1.29 is 4.79 Å². The summed E-state index contributed by atoms with van der Waals surface area (Å²) < 4.78 is 0. The Balaban J connectivity index is 1.71. The van der Waals surface area contributed by atoms with E-state index >= 15 is 0 Å². The zero-order chi connectivity index (χ0) is 17.6. The Morgan fingerprint density at radius 3 is 2.92 bits per heavy atom. The molecule has 25 heavy (non-hydrogen) atoms. The monoisotopic (exact) mass is 337 g/mol. The predicted octanol–water partition coefficient (Wildman–Crippen LogP) is 3.34. The van der Waals surface area contributed by atoms with Gasteiger partial charge in [-0.2, -0.15) is 0 Å². The highest BCUT2D eigenvalue weighted by Gasteiger charge is 2.35. The number of carbonyl (C=O) groups excluding carboxylic acids is 1. The van der Waals surface area contributed by atoms with Crippen LogP contribution >= 0.6 is 0 Å². The van der Waals surface area contributed by atoms with Gasteiger partial charge in [0.05, 0.1) is 5.92 Å². The van der Waals surface area contributed by atoms with Gasteiger partial charge in [0.15, 0.2) is 0 Å². The number of nitrogens with zero attached hydrogens (tertiary/aromatic N) is 1. The summed E-state index contributed by atoms with van der Waals surface area (Å²) >= 11 is 0. The summed E-state index contributed by atoms with van der Waals surface area (Å²) in [5.41, 5.74) is 5.19. The van der Waals surface area contributed by atoms with E-state index in [0.29, 0.717) is 6.04 Å². The topological polar surface area (TPSA) is 48.1 Å².